The molecule has 2 heterocycles. The summed E-state index contributed by atoms with van der Waals surface area (Å²) >= 11 is 0. The Kier molecular flexibility index (Phi) is 6.39. The van der Waals surface area contributed by atoms with E-state index in [9.17, 15) is 34.8 Å². The average molecular weight is 563 g/mol. The molecule has 0 spiro atoms. The minimum atomic E-state index is -2.62. The lowest BCUT2D eigenvalue weighted by atomic mass is 9.54. The highest BCUT2D eigenvalue weighted by atomic mass is 16.4. The fourth-order valence-corrected chi connectivity index (χ4v) is 7.48. The highest BCUT2D eigenvalue weighted by Gasteiger charge is 2.64. The monoisotopic (exact) mass is 562 g/mol. The molecule has 0 unspecified atom stereocenters. The van der Waals surface area contributed by atoms with E-state index in [1.807, 2.05) is 12.1 Å². The van der Waals surface area contributed by atoms with Crippen LogP contribution in [0.1, 0.15) is 50.0 Å². The Balaban J connectivity index is 1.46. The Morgan fingerprint density at radius 3 is 2.49 bits per heavy atom. The Morgan fingerprint density at radius 2 is 1.83 bits per heavy atom. The molecule has 6 rings (SSSR count). The van der Waals surface area contributed by atoms with Gasteiger partial charge in [0.1, 0.15) is 34.4 Å². The van der Waals surface area contributed by atoms with Crippen LogP contribution in [0.3, 0.4) is 0 Å². The number of likely N-dealkylation sites (tertiary alicyclic amines) is 1. The Morgan fingerprint density at radius 1 is 1.12 bits per heavy atom. The Bertz CT molecular complexity index is 1540. The predicted molar refractivity (Wildman–Crippen MR) is 147 cm³/mol. The van der Waals surface area contributed by atoms with Gasteiger partial charge in [0.15, 0.2) is 11.4 Å². The van der Waals surface area contributed by atoms with Gasteiger partial charge in [0, 0.05) is 23.0 Å². The first kappa shape index (κ1) is 27.3. The summed E-state index contributed by atoms with van der Waals surface area (Å²) in [6, 6.07) is 6.88. The van der Waals surface area contributed by atoms with Crippen molar-refractivity contribution in [3.05, 3.63) is 58.1 Å². The van der Waals surface area contributed by atoms with Gasteiger partial charge in [-0.25, -0.2) is 0 Å². The molecule has 4 aliphatic rings. The van der Waals surface area contributed by atoms with E-state index in [1.54, 1.807) is 19.9 Å². The van der Waals surface area contributed by atoms with Crippen LogP contribution in [0.15, 0.2) is 45.6 Å². The van der Waals surface area contributed by atoms with Crippen molar-refractivity contribution in [3.8, 4) is 17.1 Å². The van der Waals surface area contributed by atoms with E-state index in [0.29, 0.717) is 23.4 Å². The molecule has 216 valence electrons. The van der Waals surface area contributed by atoms with E-state index in [2.05, 4.69) is 4.90 Å². The number of aromatic hydroxyl groups is 1. The number of hydrogen-bond donors (Lipinski definition) is 5. The lowest BCUT2D eigenvalue weighted by molar-refractivity contribution is -0.155. The molecule has 1 amide bonds. The number of amides is 1. The second-order valence-electron chi connectivity index (χ2n) is 12.1. The Labute approximate surface area is 236 Å². The molecular weight excluding hydrogens is 528 g/mol. The van der Waals surface area contributed by atoms with Gasteiger partial charge in [-0.15, -0.1) is 0 Å². The summed E-state index contributed by atoms with van der Waals surface area (Å²) in [7, 11) is 0. The molecule has 1 saturated heterocycles. The molecular formula is C31H34N2O8. The zero-order valence-corrected chi connectivity index (χ0v) is 23.0. The number of primary amides is 1. The number of rotatable bonds is 5. The van der Waals surface area contributed by atoms with E-state index in [-0.39, 0.29) is 35.6 Å². The van der Waals surface area contributed by atoms with Crippen molar-refractivity contribution in [3.63, 3.8) is 0 Å². The van der Waals surface area contributed by atoms with Crippen molar-refractivity contribution >= 4 is 23.2 Å². The van der Waals surface area contributed by atoms with Crippen LogP contribution in [0.25, 0.3) is 17.1 Å². The third kappa shape index (κ3) is 3.95. The third-order valence-corrected chi connectivity index (χ3v) is 9.36. The molecule has 1 aromatic carbocycles. The van der Waals surface area contributed by atoms with Crippen molar-refractivity contribution in [1.82, 2.24) is 4.90 Å². The normalized spacial score (nSPS) is 28.2. The number of carbonyl (C=O) groups is 3. The molecule has 6 N–H and O–H groups in total. The van der Waals surface area contributed by atoms with Crippen LogP contribution in [0.5, 0.6) is 5.75 Å². The standard InChI is InChI=1S/C31H34N2O8/c1-14(2)22-19-12-15-11-18-17(21-8-5-16(41-21)13-33-9-3-4-10-33)6-7-20(34)24(18)27(36)23(15)28(37)31(19,40)29(38)25(26(22)35)30(32)39/h5-8,14-15,19,22,34,36,38,40H,3-4,9-13H2,1-2H3,(H2,32,39)/t15-,19-,22-,31-/m0/s1. The van der Waals surface area contributed by atoms with Crippen molar-refractivity contribution < 1.29 is 39.2 Å². The smallest absolute Gasteiger partial charge is 0.255 e. The third-order valence-electron chi connectivity index (χ3n) is 9.36. The van der Waals surface area contributed by atoms with Crippen LogP contribution in [0.4, 0.5) is 0 Å². The van der Waals surface area contributed by atoms with Gasteiger partial charge in [-0.05, 0) is 80.4 Å². The molecule has 1 aliphatic heterocycles. The van der Waals surface area contributed by atoms with Gasteiger partial charge in [0.05, 0.1) is 12.1 Å². The van der Waals surface area contributed by atoms with Crippen LogP contribution in [-0.2, 0) is 27.3 Å². The van der Waals surface area contributed by atoms with Crippen LogP contribution in [0, 0.1) is 23.7 Å². The number of nitrogens with zero attached hydrogens (tertiary/aromatic N) is 1. The molecule has 0 bridgehead atoms. The predicted octanol–water partition coefficient (Wildman–Crippen LogP) is 3.16. The van der Waals surface area contributed by atoms with Crippen LogP contribution < -0.4 is 5.73 Å². The van der Waals surface area contributed by atoms with Gasteiger partial charge in [-0.1, -0.05) is 13.8 Å². The van der Waals surface area contributed by atoms with Crippen LogP contribution in [0.2, 0.25) is 0 Å². The molecule has 3 aliphatic carbocycles. The van der Waals surface area contributed by atoms with E-state index in [1.165, 1.54) is 6.07 Å². The molecule has 4 atom stereocenters. The number of phenolic OH excluding ortho intramolecular Hbond substituents is 1. The molecule has 10 nitrogen and oxygen atoms in total. The Hall–Kier alpha value is -3.89. The van der Waals surface area contributed by atoms with Crippen LogP contribution in [-0.4, -0.2) is 61.5 Å². The summed E-state index contributed by atoms with van der Waals surface area (Å²) in [5.41, 5.74) is 3.10. The van der Waals surface area contributed by atoms with Gasteiger partial charge in [0.25, 0.3) is 5.91 Å². The second-order valence-corrected chi connectivity index (χ2v) is 12.1. The molecule has 0 radical (unpaired) electrons. The number of furan rings is 1. The van der Waals surface area contributed by atoms with Crippen LogP contribution >= 0.6 is 0 Å². The zero-order chi connectivity index (χ0) is 29.4. The topological polar surface area (TPSA) is 175 Å². The molecule has 2 fully saturated rings. The summed E-state index contributed by atoms with van der Waals surface area (Å²) in [6.07, 6.45) is 2.60. The van der Waals surface area contributed by atoms with E-state index >= 15 is 0 Å². The fraction of sp³-hybridized carbons (Fsp3) is 0.452. The largest absolute Gasteiger partial charge is 0.508 e. The first-order chi connectivity index (χ1) is 19.4. The number of benzene rings is 1. The van der Waals surface area contributed by atoms with Gasteiger partial charge in [-0.2, -0.15) is 0 Å². The van der Waals surface area contributed by atoms with E-state index in [4.69, 9.17) is 10.2 Å². The van der Waals surface area contributed by atoms with Crippen molar-refractivity contribution in [2.45, 2.75) is 51.7 Å². The highest BCUT2D eigenvalue weighted by Crippen LogP contribution is 2.55. The van der Waals surface area contributed by atoms with Crippen molar-refractivity contribution in [2.75, 3.05) is 13.1 Å². The number of phenols is 1. The molecule has 2 aromatic rings. The van der Waals surface area contributed by atoms with Gasteiger partial charge >= 0.3 is 0 Å². The first-order valence-corrected chi connectivity index (χ1v) is 14.1. The fourth-order valence-electron chi connectivity index (χ4n) is 7.48. The maximum absolute atomic E-state index is 14.0. The maximum Gasteiger partial charge on any atom is 0.255 e. The summed E-state index contributed by atoms with van der Waals surface area (Å²) in [5, 5.41) is 45.0. The van der Waals surface area contributed by atoms with Crippen molar-refractivity contribution in [1.29, 1.82) is 0 Å². The molecule has 1 aromatic heterocycles. The molecule has 1 saturated carbocycles. The SMILES string of the molecule is CC(C)[C@@H]1C(=O)C(C(N)=O)=C(O)[C@@]2(O)C(=O)C3=C(O)c4c(O)ccc(-c5ccc(CN6CCCC6)o5)c4C[C@H]3C[C@@H]12. The number of ketones is 2. The number of hydrogen-bond acceptors (Lipinski definition) is 9. The van der Waals surface area contributed by atoms with Gasteiger partial charge in [0.2, 0.25) is 5.78 Å². The highest BCUT2D eigenvalue weighted by molar-refractivity contribution is 6.23. The number of nitrogens with two attached hydrogens (primary N) is 1. The minimum absolute atomic E-state index is 0.0486. The second kappa shape index (κ2) is 9.60. The zero-order valence-electron chi connectivity index (χ0n) is 23.0. The minimum Gasteiger partial charge on any atom is -0.508 e. The number of fused-ring (bicyclic) bond motifs is 3. The summed E-state index contributed by atoms with van der Waals surface area (Å²) < 4.78 is 6.19. The number of Topliss-reactive ketones (excluding diaryl/α,β-unsaturated/α-hetero) is 2. The summed E-state index contributed by atoms with van der Waals surface area (Å²) in [6.45, 7) is 6.18. The van der Waals surface area contributed by atoms with E-state index in [0.717, 1.165) is 31.7 Å². The average Bonchev–Trinajstić information content (AvgIpc) is 3.59. The van der Waals surface area contributed by atoms with Gasteiger partial charge < -0.3 is 30.6 Å². The van der Waals surface area contributed by atoms with Crippen molar-refractivity contribution in [2.24, 2.45) is 29.4 Å². The molecule has 10 heteroatoms. The lowest BCUT2D eigenvalue weighted by Gasteiger charge is -2.50. The quantitative estimate of drug-likeness (QED) is 0.343. The maximum atomic E-state index is 14.0. The first-order valence-electron chi connectivity index (χ1n) is 14.1. The number of aliphatic hydroxyl groups is 3. The summed E-state index contributed by atoms with van der Waals surface area (Å²) in [5.74, 6) is -6.47. The number of aliphatic hydroxyl groups excluding tert-OH is 2. The van der Waals surface area contributed by atoms with E-state index < -0.39 is 57.9 Å². The lowest BCUT2D eigenvalue weighted by Crippen LogP contribution is -2.62. The number of carbonyl (C=O) groups excluding carboxylic acids is 3. The summed E-state index contributed by atoms with van der Waals surface area (Å²) in [4.78, 5) is 41.8. The van der Waals surface area contributed by atoms with Gasteiger partial charge in [-0.3, -0.25) is 19.3 Å². The molecule has 41 heavy (non-hydrogen) atoms.